The predicted molar refractivity (Wildman–Crippen MR) is 276 cm³/mol. The van der Waals surface area contributed by atoms with Gasteiger partial charge in [-0.15, -0.1) is 0 Å². The number of likely N-dealkylation sites (tertiary alicyclic amines) is 1. The average Bonchev–Trinajstić information content (AvgIpc) is 4.07. The van der Waals surface area contributed by atoms with Crippen LogP contribution in [0, 0.1) is 17.8 Å². The molecule has 0 spiro atoms. The van der Waals surface area contributed by atoms with Crippen LogP contribution in [0.3, 0.4) is 0 Å². The molecule has 4 aliphatic rings. The summed E-state index contributed by atoms with van der Waals surface area (Å²) in [5.41, 5.74) is 3.95. The number of carbonyl (C=O) groups is 5. The molecular formula is C53H86N4O22. The largest absolute Gasteiger partial charge is 0.481 e. The van der Waals surface area contributed by atoms with E-state index in [1.54, 1.807) is 13.8 Å². The van der Waals surface area contributed by atoms with E-state index in [4.69, 9.17) is 53.1 Å². The number of rotatable bonds is 30. The number of Topliss-reactive ketones (excluding diaryl/α,β-unsaturated/α-hetero) is 1. The van der Waals surface area contributed by atoms with Crippen LogP contribution in [0.2, 0.25) is 0 Å². The maximum atomic E-state index is 14.5. The van der Waals surface area contributed by atoms with Gasteiger partial charge in [0.15, 0.2) is 18.3 Å². The van der Waals surface area contributed by atoms with E-state index >= 15 is 0 Å². The molecule has 26 heteroatoms. The summed E-state index contributed by atoms with van der Waals surface area (Å²) in [4.78, 5) is 96.3. The molecule has 4 aliphatic heterocycles. The third kappa shape index (κ3) is 17.9. The molecule has 4 saturated heterocycles. The number of H-pyrrole nitrogens is 1. The van der Waals surface area contributed by atoms with Crippen molar-refractivity contribution in [2.75, 3.05) is 41.5 Å². The van der Waals surface area contributed by atoms with Crippen LogP contribution >= 0.6 is 0 Å². The lowest BCUT2D eigenvalue weighted by Crippen LogP contribution is -2.59. The van der Waals surface area contributed by atoms with Gasteiger partial charge in [0.1, 0.15) is 79.2 Å². The zero-order chi connectivity index (χ0) is 58.2. The zero-order valence-corrected chi connectivity index (χ0v) is 46.7. The van der Waals surface area contributed by atoms with E-state index in [1.807, 2.05) is 4.98 Å². The fraction of sp³-hybridized carbons (Fsp3) is 0.830. The first-order valence-electron chi connectivity index (χ1n) is 27.5. The van der Waals surface area contributed by atoms with E-state index in [0.717, 1.165) is 55.4 Å². The van der Waals surface area contributed by atoms with Crippen molar-refractivity contribution >= 4 is 29.7 Å². The number of methoxy groups -OCH3 is 3. The summed E-state index contributed by atoms with van der Waals surface area (Å²) in [6, 6.07) is -0.639. The van der Waals surface area contributed by atoms with Gasteiger partial charge in [-0.05, 0) is 38.6 Å². The number of likely N-dealkylation sites (N-methyl/N-ethyl adjacent to an activating group) is 1. The fourth-order valence-corrected chi connectivity index (χ4v) is 10.9. The van der Waals surface area contributed by atoms with Crippen LogP contribution < -0.4 is 17.0 Å². The Morgan fingerprint density at radius 3 is 1.94 bits per heavy atom. The number of hydrogen-bond donors (Lipinski definition) is 7. The van der Waals surface area contributed by atoms with Crippen molar-refractivity contribution in [3.8, 4) is 0 Å². The van der Waals surface area contributed by atoms with Crippen molar-refractivity contribution in [3.63, 3.8) is 0 Å². The van der Waals surface area contributed by atoms with Crippen molar-refractivity contribution in [2.45, 2.75) is 222 Å². The first-order chi connectivity index (χ1) is 37.5. The minimum absolute atomic E-state index is 0.209. The van der Waals surface area contributed by atoms with Gasteiger partial charge in [0.2, 0.25) is 6.29 Å². The van der Waals surface area contributed by atoms with Crippen molar-refractivity contribution in [2.24, 2.45) is 23.5 Å². The molecule has 0 aliphatic carbocycles. The predicted octanol–water partition coefficient (Wildman–Crippen LogP) is 0.440. The van der Waals surface area contributed by atoms with Gasteiger partial charge in [-0.25, -0.2) is 4.79 Å². The van der Waals surface area contributed by atoms with E-state index in [-0.39, 0.29) is 25.8 Å². The second kappa shape index (κ2) is 31.2. The summed E-state index contributed by atoms with van der Waals surface area (Å²) < 4.78 is 58.7. The number of ketones is 1. The number of ether oxygens (including phenoxy) is 10. The summed E-state index contributed by atoms with van der Waals surface area (Å²) in [6.45, 7) is 7.08. The van der Waals surface area contributed by atoms with Crippen molar-refractivity contribution < 1.29 is 96.9 Å². The van der Waals surface area contributed by atoms with Gasteiger partial charge in [0, 0.05) is 65.9 Å². The molecule has 1 aromatic rings. The van der Waals surface area contributed by atoms with Crippen LogP contribution in [0.4, 0.5) is 0 Å². The molecule has 0 amide bonds. The first kappa shape index (κ1) is 65.5. The molecule has 15 unspecified atom stereocenters. The van der Waals surface area contributed by atoms with E-state index in [1.165, 1.54) is 46.1 Å². The van der Waals surface area contributed by atoms with Gasteiger partial charge < -0.3 is 78.6 Å². The molecule has 8 N–H and O–H groups in total. The lowest BCUT2D eigenvalue weighted by atomic mass is 9.91. The van der Waals surface area contributed by atoms with Crippen LogP contribution in [-0.4, -0.2) is 209 Å². The van der Waals surface area contributed by atoms with Gasteiger partial charge in [-0.2, -0.15) is 0 Å². The quantitative estimate of drug-likeness (QED) is 0.0312. The highest BCUT2D eigenvalue weighted by Gasteiger charge is 2.56. The molecule has 26 nitrogen and oxygen atoms in total. The number of aliphatic hydroxyl groups excluding tert-OH is 4. The van der Waals surface area contributed by atoms with E-state index < -0.39 is 176 Å². The summed E-state index contributed by atoms with van der Waals surface area (Å²) >= 11 is 0. The molecular weight excluding hydrogens is 1040 g/mol. The highest BCUT2D eigenvalue weighted by molar-refractivity contribution is 5.89. The molecule has 79 heavy (non-hydrogen) atoms. The smallest absolute Gasteiger partial charge is 0.330 e. The Morgan fingerprint density at radius 1 is 0.747 bits per heavy atom. The number of hydrogen-bond acceptors (Lipinski definition) is 23. The minimum Gasteiger partial charge on any atom is -0.481 e. The molecule has 19 atom stereocenters. The topological polar surface area (TPSA) is 363 Å². The maximum Gasteiger partial charge on any atom is 0.330 e. The second-order valence-corrected chi connectivity index (χ2v) is 21.8. The summed E-state index contributed by atoms with van der Waals surface area (Å²) in [5.74, 6) is -6.29. The Labute approximate surface area is 459 Å². The number of esters is 3. The SMILES string of the molecule is COC1C(C)OC(OC(=O)CC(C)CC(=O)OC(CCCCCCCCCCC(C)C)CC(=O)O[C@H]2CN(C)[C@@H]([C@H](OC3OC(CN)C(O)C3O)C3OC(n4ccc(=O)[nH]c4=O)C(O)C3O)C(=O)C[C@@H]2C(=O)O)C(OC)C1OC. The van der Waals surface area contributed by atoms with Crippen molar-refractivity contribution in [3.05, 3.63) is 33.1 Å². The number of aromatic nitrogens is 2. The molecule has 450 valence electrons. The van der Waals surface area contributed by atoms with Gasteiger partial charge >= 0.3 is 29.6 Å². The van der Waals surface area contributed by atoms with Crippen LogP contribution in [0.1, 0.15) is 124 Å². The standard InChI is InChI=1S/C53H86N4O22/c1-27(2)17-15-13-11-9-10-12-14-16-18-30(74-36(60)21-28(3)22-37(61)77-52-48(72-8)47(71-7)44(70-6)29(4)73-52)23-38(62)75-34-26-56(5)39(32(58)24-31(34)50(67)68)45(79-51-43(66)40(63)33(25-54)76-51)46-41(64)42(65)49(78-46)57-20-19-35(59)55-53(57)69/h19-20,27-31,33-34,39-49,51-52,63-66H,9-18,21-26,54H2,1-8H3,(H,67,68)(H,55,59,69)/t28?,29?,30?,31-,33?,34-,39+,40?,41?,42?,43?,44?,45-,46?,47?,48?,49?,51?,52?/m0/s1. The maximum absolute atomic E-state index is 14.5. The number of carboxylic acid groups (broad SMARTS) is 1. The summed E-state index contributed by atoms with van der Waals surface area (Å²) in [5, 5.41) is 54.9. The number of aliphatic hydroxyl groups is 4. The summed E-state index contributed by atoms with van der Waals surface area (Å²) in [6.07, 6.45) is -12.9. The number of nitrogens with zero attached hydrogens (tertiary/aromatic N) is 2. The molecule has 0 bridgehead atoms. The summed E-state index contributed by atoms with van der Waals surface area (Å²) in [7, 11) is 5.77. The number of carboxylic acids is 1. The molecule has 0 radical (unpaired) electrons. The molecule has 0 saturated carbocycles. The monoisotopic (exact) mass is 1130 g/mol. The highest BCUT2D eigenvalue weighted by atomic mass is 16.7. The lowest BCUT2D eigenvalue weighted by molar-refractivity contribution is -0.297. The molecule has 4 fully saturated rings. The van der Waals surface area contributed by atoms with Gasteiger partial charge in [0.25, 0.3) is 5.56 Å². The molecule has 0 aromatic carbocycles. The van der Waals surface area contributed by atoms with Crippen LogP contribution in [0.25, 0.3) is 0 Å². The van der Waals surface area contributed by atoms with E-state index in [0.29, 0.717) is 12.3 Å². The lowest BCUT2D eigenvalue weighted by Gasteiger charge is -2.43. The van der Waals surface area contributed by atoms with Gasteiger partial charge in [0.05, 0.1) is 18.6 Å². The number of carbonyl (C=O) groups excluding carboxylic acids is 4. The Hall–Kier alpha value is -4.29. The molecule has 5 rings (SSSR count). The number of aromatic amines is 1. The van der Waals surface area contributed by atoms with Crippen molar-refractivity contribution in [1.29, 1.82) is 0 Å². The van der Waals surface area contributed by atoms with Crippen LogP contribution in [0.15, 0.2) is 21.9 Å². The number of aliphatic carboxylic acids is 1. The Bertz CT molecular complexity index is 2230. The van der Waals surface area contributed by atoms with Crippen LogP contribution in [0.5, 0.6) is 0 Å². The number of nitrogens with two attached hydrogens (primary N) is 1. The normalized spacial score (nSPS) is 32.6. The molecule has 5 heterocycles. The first-order valence-corrected chi connectivity index (χ1v) is 27.5. The molecule has 1 aromatic heterocycles. The Morgan fingerprint density at radius 2 is 1.35 bits per heavy atom. The third-order valence-corrected chi connectivity index (χ3v) is 15.2. The van der Waals surface area contributed by atoms with Gasteiger partial charge in [-0.1, -0.05) is 72.1 Å². The van der Waals surface area contributed by atoms with E-state index in [2.05, 4.69) is 13.8 Å². The number of unbranched alkanes of at least 4 members (excludes halogenated alkanes) is 7. The highest BCUT2D eigenvalue weighted by Crippen LogP contribution is 2.37. The van der Waals surface area contributed by atoms with Crippen LogP contribution in [-0.2, 0) is 71.3 Å². The average molecular weight is 1130 g/mol. The van der Waals surface area contributed by atoms with Gasteiger partial charge in [-0.3, -0.25) is 43.2 Å². The fourth-order valence-electron chi connectivity index (χ4n) is 10.9. The van der Waals surface area contributed by atoms with Crippen molar-refractivity contribution in [1.82, 2.24) is 14.5 Å². The zero-order valence-electron chi connectivity index (χ0n) is 46.7. The van der Waals surface area contributed by atoms with E-state index in [9.17, 15) is 59.1 Å². The Kier molecular flexibility index (Phi) is 25.9. The minimum atomic E-state index is -1.94. The Balaban J connectivity index is 1.30. The number of nitrogens with one attached hydrogen (secondary N) is 1. The second-order valence-electron chi connectivity index (χ2n) is 21.8. The third-order valence-electron chi connectivity index (χ3n) is 15.2.